The van der Waals surface area contributed by atoms with Gasteiger partial charge in [-0.3, -0.25) is 19.7 Å². The van der Waals surface area contributed by atoms with E-state index >= 15 is 0 Å². The lowest BCUT2D eigenvalue weighted by atomic mass is 10.0. The first-order valence-corrected chi connectivity index (χ1v) is 9.17. The van der Waals surface area contributed by atoms with E-state index in [9.17, 15) is 14.4 Å². The minimum atomic E-state index is -0.556. The van der Waals surface area contributed by atoms with E-state index in [4.69, 9.17) is 0 Å². The molecule has 0 radical (unpaired) electrons. The Labute approximate surface area is 152 Å². The second-order valence-electron chi connectivity index (χ2n) is 7.53. The lowest BCUT2D eigenvalue weighted by Gasteiger charge is -2.29. The monoisotopic (exact) mass is 356 g/mol. The molecule has 0 aromatic heterocycles. The average molecular weight is 356 g/mol. The highest BCUT2D eigenvalue weighted by molar-refractivity contribution is 6.05. The Morgan fingerprint density at radius 2 is 2.08 bits per heavy atom. The van der Waals surface area contributed by atoms with Crippen molar-refractivity contribution in [2.75, 3.05) is 13.6 Å². The van der Waals surface area contributed by atoms with E-state index in [-0.39, 0.29) is 29.7 Å². The number of benzene rings is 1. The highest BCUT2D eigenvalue weighted by Gasteiger charge is 2.40. The zero-order valence-corrected chi connectivity index (χ0v) is 14.9. The third kappa shape index (κ3) is 3.12. The van der Waals surface area contributed by atoms with E-state index in [0.717, 1.165) is 24.2 Å². The van der Waals surface area contributed by atoms with Crippen LogP contribution in [0.2, 0.25) is 0 Å². The predicted molar refractivity (Wildman–Crippen MR) is 95.2 cm³/mol. The van der Waals surface area contributed by atoms with Gasteiger partial charge in [-0.05, 0) is 43.5 Å². The van der Waals surface area contributed by atoms with Crippen LogP contribution in [0.4, 0.5) is 0 Å². The van der Waals surface area contributed by atoms with E-state index in [1.54, 1.807) is 4.90 Å². The topological polar surface area (TPSA) is 90.5 Å². The van der Waals surface area contributed by atoms with E-state index in [2.05, 4.69) is 16.0 Å². The van der Waals surface area contributed by atoms with Gasteiger partial charge in [0.25, 0.3) is 5.91 Å². The molecule has 0 bridgehead atoms. The van der Waals surface area contributed by atoms with Gasteiger partial charge in [-0.15, -0.1) is 0 Å². The van der Waals surface area contributed by atoms with Crippen molar-refractivity contribution in [1.82, 2.24) is 20.9 Å². The van der Waals surface area contributed by atoms with Crippen molar-refractivity contribution in [2.45, 2.75) is 50.4 Å². The molecule has 1 aromatic rings. The molecule has 1 aliphatic carbocycles. The number of nitrogens with zero attached hydrogens (tertiary/aromatic N) is 1. The van der Waals surface area contributed by atoms with Crippen LogP contribution in [-0.4, -0.2) is 47.8 Å². The first kappa shape index (κ1) is 17.2. The van der Waals surface area contributed by atoms with Crippen molar-refractivity contribution >= 4 is 17.7 Å². The summed E-state index contributed by atoms with van der Waals surface area (Å²) in [5.74, 6) is -0.758. The van der Waals surface area contributed by atoms with E-state index in [1.165, 1.54) is 12.8 Å². The second-order valence-corrected chi connectivity index (χ2v) is 7.53. The molecule has 1 unspecified atom stereocenters. The van der Waals surface area contributed by atoms with Crippen molar-refractivity contribution in [3.8, 4) is 0 Å². The van der Waals surface area contributed by atoms with Crippen LogP contribution in [0, 0.1) is 0 Å². The zero-order valence-electron chi connectivity index (χ0n) is 14.9. The van der Waals surface area contributed by atoms with Gasteiger partial charge in [0.05, 0.1) is 0 Å². The number of hydrogen-bond donors (Lipinski definition) is 3. The summed E-state index contributed by atoms with van der Waals surface area (Å²) in [5, 5.41) is 9.17. The molecular weight excluding hydrogens is 332 g/mol. The minimum Gasteiger partial charge on any atom is -0.322 e. The molecule has 1 aromatic carbocycles. The summed E-state index contributed by atoms with van der Waals surface area (Å²) in [4.78, 5) is 37.7. The minimum absolute atomic E-state index is 0.124. The fourth-order valence-corrected chi connectivity index (χ4v) is 3.85. The van der Waals surface area contributed by atoms with Gasteiger partial charge < -0.3 is 15.5 Å². The third-order valence-electron chi connectivity index (χ3n) is 5.76. The van der Waals surface area contributed by atoms with Crippen LogP contribution in [0.5, 0.6) is 0 Å². The van der Waals surface area contributed by atoms with Gasteiger partial charge in [0.1, 0.15) is 6.04 Å². The van der Waals surface area contributed by atoms with Gasteiger partial charge in [-0.1, -0.05) is 12.1 Å². The summed E-state index contributed by atoms with van der Waals surface area (Å²) >= 11 is 0. The molecule has 7 heteroatoms. The maximum Gasteiger partial charge on any atom is 0.255 e. The highest BCUT2D eigenvalue weighted by atomic mass is 16.2. The van der Waals surface area contributed by atoms with Crippen LogP contribution in [0.3, 0.4) is 0 Å². The highest BCUT2D eigenvalue weighted by Crippen LogP contribution is 2.34. The smallest absolute Gasteiger partial charge is 0.255 e. The summed E-state index contributed by atoms with van der Waals surface area (Å²) in [6, 6.07) is 5.31. The average Bonchev–Trinajstić information content (AvgIpc) is 3.33. The molecule has 3 amide bonds. The number of nitrogens with one attached hydrogen (secondary N) is 3. The Morgan fingerprint density at radius 1 is 1.27 bits per heavy atom. The molecule has 1 saturated carbocycles. The zero-order chi connectivity index (χ0) is 18.3. The molecule has 7 nitrogen and oxygen atoms in total. The van der Waals surface area contributed by atoms with E-state index < -0.39 is 6.04 Å². The SMILES string of the molecule is CNC1(CNCc2ccc3c(c2)CN(C2CCC(=O)NC2=O)C3=O)CC1. The Kier molecular flexibility index (Phi) is 4.28. The Morgan fingerprint density at radius 3 is 2.77 bits per heavy atom. The van der Waals surface area contributed by atoms with Crippen LogP contribution in [0.15, 0.2) is 18.2 Å². The van der Waals surface area contributed by atoms with E-state index in [1.807, 2.05) is 25.2 Å². The van der Waals surface area contributed by atoms with Crippen LogP contribution in [0.1, 0.15) is 47.2 Å². The van der Waals surface area contributed by atoms with Gasteiger partial charge in [0.15, 0.2) is 0 Å². The lowest BCUT2D eigenvalue weighted by Crippen LogP contribution is -2.52. The number of imide groups is 1. The molecule has 1 atom stereocenters. The van der Waals surface area contributed by atoms with Crippen LogP contribution in [-0.2, 0) is 22.7 Å². The molecule has 2 aliphatic heterocycles. The van der Waals surface area contributed by atoms with Crippen molar-refractivity contribution in [2.24, 2.45) is 0 Å². The molecular formula is C19H24N4O3. The molecule has 3 N–H and O–H groups in total. The summed E-state index contributed by atoms with van der Waals surface area (Å²) in [6.07, 6.45) is 3.08. The molecule has 2 heterocycles. The molecule has 2 fully saturated rings. The largest absolute Gasteiger partial charge is 0.322 e. The van der Waals surface area contributed by atoms with Gasteiger partial charge in [-0.25, -0.2) is 0 Å². The van der Waals surface area contributed by atoms with Crippen LogP contribution >= 0.6 is 0 Å². The Hall–Kier alpha value is -2.25. The standard InChI is InChI=1S/C19H24N4O3/c1-20-19(6-7-19)11-21-9-12-2-3-14-13(8-12)10-23(18(14)26)15-4-5-16(24)22-17(15)25/h2-3,8,15,20-21H,4-7,9-11H2,1H3,(H,22,24,25). The number of piperidine rings is 1. The predicted octanol–water partition coefficient (Wildman–Crippen LogP) is 0.289. The number of amides is 3. The Balaban J connectivity index is 1.41. The van der Waals surface area contributed by atoms with Crippen LogP contribution in [0.25, 0.3) is 0 Å². The molecule has 0 spiro atoms. The quantitative estimate of drug-likeness (QED) is 0.638. The number of carbonyl (C=O) groups excluding carboxylic acids is 3. The first-order chi connectivity index (χ1) is 12.5. The van der Waals surface area contributed by atoms with E-state index in [0.29, 0.717) is 18.5 Å². The summed E-state index contributed by atoms with van der Waals surface area (Å²) in [6.45, 7) is 2.11. The summed E-state index contributed by atoms with van der Waals surface area (Å²) < 4.78 is 0. The number of hydrogen-bond acceptors (Lipinski definition) is 5. The number of rotatable bonds is 6. The van der Waals surface area contributed by atoms with Crippen LogP contribution < -0.4 is 16.0 Å². The normalized spacial score (nSPS) is 23.8. The van der Waals surface area contributed by atoms with Gasteiger partial charge >= 0.3 is 0 Å². The maximum atomic E-state index is 12.7. The van der Waals surface area contributed by atoms with Gasteiger partial charge in [0, 0.05) is 37.2 Å². The number of fused-ring (bicyclic) bond motifs is 1. The fourth-order valence-electron chi connectivity index (χ4n) is 3.85. The summed E-state index contributed by atoms with van der Waals surface area (Å²) in [5.41, 5.74) is 3.00. The first-order valence-electron chi connectivity index (χ1n) is 9.17. The van der Waals surface area contributed by atoms with Gasteiger partial charge in [0.2, 0.25) is 11.8 Å². The molecule has 26 heavy (non-hydrogen) atoms. The molecule has 4 rings (SSSR count). The van der Waals surface area contributed by atoms with Crippen molar-refractivity contribution in [1.29, 1.82) is 0 Å². The van der Waals surface area contributed by atoms with Crippen molar-refractivity contribution in [3.63, 3.8) is 0 Å². The number of likely N-dealkylation sites (N-methyl/N-ethyl adjacent to an activating group) is 1. The van der Waals surface area contributed by atoms with Gasteiger partial charge in [-0.2, -0.15) is 0 Å². The third-order valence-corrected chi connectivity index (χ3v) is 5.76. The van der Waals surface area contributed by atoms with Crippen molar-refractivity contribution < 1.29 is 14.4 Å². The fraction of sp³-hybridized carbons (Fsp3) is 0.526. The second kappa shape index (κ2) is 6.48. The maximum absolute atomic E-state index is 12.7. The Bertz CT molecular complexity index is 772. The number of carbonyl (C=O) groups is 3. The molecule has 1 saturated heterocycles. The summed E-state index contributed by atoms with van der Waals surface area (Å²) in [7, 11) is 2.00. The van der Waals surface area contributed by atoms with Crippen molar-refractivity contribution in [3.05, 3.63) is 34.9 Å². The molecule has 3 aliphatic rings. The molecule has 138 valence electrons. The lowest BCUT2D eigenvalue weighted by molar-refractivity contribution is -0.136.